The second kappa shape index (κ2) is 9.49. The lowest BCUT2D eigenvalue weighted by atomic mass is 10.1. The first-order chi connectivity index (χ1) is 15.7. The van der Waals surface area contributed by atoms with Gasteiger partial charge in [-0.2, -0.15) is 4.57 Å². The topological polar surface area (TPSA) is 175 Å². The highest BCUT2D eigenvalue weighted by Gasteiger charge is 2.49. The average molecular weight is 478 g/mol. The van der Waals surface area contributed by atoms with E-state index in [1.165, 1.54) is 29.4 Å². The minimum atomic E-state index is -4.77. The minimum absolute atomic E-state index is 0.245. The molecular formula is C20H21N3O9P+. The molecule has 4 rings (SSSR count). The molecule has 33 heavy (non-hydrogen) atoms. The molecular weight excluding hydrogens is 457 g/mol. The molecule has 5 N–H and O–H groups in total. The fourth-order valence-electron chi connectivity index (χ4n) is 3.33. The molecule has 12 nitrogen and oxygen atoms in total. The predicted molar refractivity (Wildman–Crippen MR) is 110 cm³/mol. The molecule has 0 bridgehead atoms. The van der Waals surface area contributed by atoms with Crippen molar-refractivity contribution >= 4 is 19.4 Å². The number of nitrogens with one attached hydrogen (secondary N) is 1. The van der Waals surface area contributed by atoms with Gasteiger partial charge in [0, 0.05) is 17.3 Å². The van der Waals surface area contributed by atoms with Crippen LogP contribution in [0.3, 0.4) is 0 Å². The van der Waals surface area contributed by atoms with E-state index in [0.717, 1.165) is 5.56 Å². The second-order valence-electron chi connectivity index (χ2n) is 7.24. The van der Waals surface area contributed by atoms with Gasteiger partial charge in [0.2, 0.25) is 5.89 Å². The molecule has 1 fully saturated rings. The van der Waals surface area contributed by atoms with Gasteiger partial charge in [-0.15, -0.1) is 0 Å². The van der Waals surface area contributed by atoms with E-state index in [9.17, 15) is 19.6 Å². The number of amides is 1. The van der Waals surface area contributed by atoms with Crippen LogP contribution in [-0.2, 0) is 13.8 Å². The van der Waals surface area contributed by atoms with Crippen LogP contribution in [-0.4, -0.2) is 55.8 Å². The number of pyridine rings is 1. The molecule has 0 aliphatic carbocycles. The maximum atomic E-state index is 12.7. The van der Waals surface area contributed by atoms with Gasteiger partial charge in [-0.25, -0.2) is 9.55 Å². The Balaban J connectivity index is 1.44. The van der Waals surface area contributed by atoms with Crippen LogP contribution in [0.2, 0.25) is 0 Å². The summed E-state index contributed by atoms with van der Waals surface area (Å²) in [6.45, 7) is -0.622. The summed E-state index contributed by atoms with van der Waals surface area (Å²) in [5.41, 5.74) is 1.53. The number of aromatic nitrogens is 2. The number of benzene rings is 1. The molecule has 1 aliphatic heterocycles. The molecule has 0 radical (unpaired) electrons. The number of oxazole rings is 1. The summed E-state index contributed by atoms with van der Waals surface area (Å²) in [6, 6.07) is 10.00. The van der Waals surface area contributed by atoms with Crippen molar-refractivity contribution in [1.82, 2.24) is 4.98 Å². The first-order valence-electron chi connectivity index (χ1n) is 9.75. The summed E-state index contributed by atoms with van der Waals surface area (Å²) in [5, 5.41) is 23.2. The number of carbonyl (C=O) groups is 1. The van der Waals surface area contributed by atoms with Crippen LogP contribution in [0.15, 0.2) is 65.7 Å². The molecule has 13 heteroatoms. The number of carbonyl (C=O) groups excluding carboxylic acids is 1. The number of hydrogen-bond donors (Lipinski definition) is 5. The third kappa shape index (κ3) is 5.52. The van der Waals surface area contributed by atoms with E-state index in [1.54, 1.807) is 36.4 Å². The van der Waals surface area contributed by atoms with Crippen molar-refractivity contribution in [3.8, 4) is 11.5 Å². The van der Waals surface area contributed by atoms with E-state index in [2.05, 4.69) is 14.8 Å². The van der Waals surface area contributed by atoms with Crippen molar-refractivity contribution in [2.75, 3.05) is 11.9 Å². The van der Waals surface area contributed by atoms with E-state index < -0.39 is 44.9 Å². The predicted octanol–water partition coefficient (Wildman–Crippen LogP) is 0.610. The number of ether oxygens (including phenoxy) is 1. The van der Waals surface area contributed by atoms with Crippen LogP contribution in [0.4, 0.5) is 5.69 Å². The molecule has 3 heterocycles. The molecule has 3 aromatic rings. The van der Waals surface area contributed by atoms with Crippen molar-refractivity contribution in [2.45, 2.75) is 24.5 Å². The zero-order chi connectivity index (χ0) is 23.6. The van der Waals surface area contributed by atoms with Crippen LogP contribution in [0.1, 0.15) is 16.6 Å². The highest BCUT2D eigenvalue weighted by atomic mass is 31.2. The van der Waals surface area contributed by atoms with E-state index in [0.29, 0.717) is 11.6 Å². The fourth-order valence-corrected chi connectivity index (χ4v) is 3.68. The standard InChI is InChI=1S/C20H20N3O9P/c24-16-15(11-31-33(27,28)29)32-20(17(16)25)23-8-1-2-13(10-23)18(26)22-14-5-3-12(4-6-14)19-21-7-9-30-19/h1-10,15-17,20,24-25H,11H2,(H2-,21,22,26,27,28,29)/p+1/t15?,16-,17-,20?/m1/s1. The number of phosphoric acid groups is 1. The average Bonchev–Trinajstić information content (AvgIpc) is 3.42. The molecule has 174 valence electrons. The quantitative estimate of drug-likeness (QED) is 0.239. The Bertz CT molecular complexity index is 1150. The monoisotopic (exact) mass is 478 g/mol. The van der Waals surface area contributed by atoms with Gasteiger partial charge in [0.05, 0.1) is 12.8 Å². The van der Waals surface area contributed by atoms with Crippen molar-refractivity contribution in [3.63, 3.8) is 0 Å². The van der Waals surface area contributed by atoms with E-state index in [-0.39, 0.29) is 5.56 Å². The molecule has 2 aromatic heterocycles. The Morgan fingerprint density at radius 1 is 1.18 bits per heavy atom. The Labute approximate surface area is 187 Å². The lowest BCUT2D eigenvalue weighted by Gasteiger charge is -2.13. The molecule has 2 unspecified atom stereocenters. The highest BCUT2D eigenvalue weighted by molar-refractivity contribution is 7.46. The van der Waals surface area contributed by atoms with Gasteiger partial charge >= 0.3 is 7.82 Å². The maximum absolute atomic E-state index is 12.7. The fraction of sp³-hybridized carbons (Fsp3) is 0.250. The lowest BCUT2D eigenvalue weighted by molar-refractivity contribution is -0.765. The van der Waals surface area contributed by atoms with Gasteiger partial charge in [-0.05, 0) is 30.3 Å². The molecule has 4 atom stereocenters. The molecule has 0 saturated carbocycles. The zero-order valence-electron chi connectivity index (χ0n) is 17.0. The SMILES string of the molecule is O=C(Nc1ccc(-c2ncco2)cc1)c1ccc[n+](C2OC(COP(=O)(O)O)[C@@H](O)[C@H]2O)c1. The summed E-state index contributed by atoms with van der Waals surface area (Å²) < 4.78 is 27.4. The zero-order valence-corrected chi connectivity index (χ0v) is 17.9. The van der Waals surface area contributed by atoms with E-state index >= 15 is 0 Å². The normalized spacial score (nSPS) is 22.9. The van der Waals surface area contributed by atoms with Gasteiger partial charge in [0.25, 0.3) is 12.1 Å². The van der Waals surface area contributed by atoms with Gasteiger partial charge in [-0.3, -0.25) is 9.32 Å². The van der Waals surface area contributed by atoms with Crippen molar-refractivity contribution in [2.24, 2.45) is 0 Å². The Hall–Kier alpha value is -2.96. The number of rotatable bonds is 7. The number of nitrogens with zero attached hydrogens (tertiary/aromatic N) is 2. The van der Waals surface area contributed by atoms with Crippen molar-refractivity contribution in [3.05, 3.63) is 66.8 Å². The largest absolute Gasteiger partial charge is 0.469 e. The maximum Gasteiger partial charge on any atom is 0.469 e. The van der Waals surface area contributed by atoms with Crippen molar-refractivity contribution < 1.29 is 47.6 Å². The van der Waals surface area contributed by atoms with Gasteiger partial charge in [0.15, 0.2) is 18.5 Å². The molecule has 1 saturated heterocycles. The van der Waals surface area contributed by atoms with Crippen LogP contribution in [0, 0.1) is 0 Å². The third-order valence-electron chi connectivity index (χ3n) is 4.94. The van der Waals surface area contributed by atoms with Gasteiger partial charge < -0.3 is 34.5 Å². The Kier molecular flexibility index (Phi) is 6.68. The first-order valence-corrected chi connectivity index (χ1v) is 11.3. The van der Waals surface area contributed by atoms with Crippen LogP contribution in [0.25, 0.3) is 11.5 Å². The van der Waals surface area contributed by atoms with Crippen LogP contribution < -0.4 is 9.88 Å². The number of anilines is 1. The number of aliphatic hydroxyl groups excluding tert-OH is 2. The lowest BCUT2D eigenvalue weighted by Crippen LogP contribution is -2.46. The molecule has 0 spiro atoms. The van der Waals surface area contributed by atoms with E-state index in [4.69, 9.17) is 18.9 Å². The van der Waals surface area contributed by atoms with Crippen LogP contribution >= 0.6 is 7.82 Å². The minimum Gasteiger partial charge on any atom is -0.445 e. The van der Waals surface area contributed by atoms with Crippen molar-refractivity contribution in [1.29, 1.82) is 0 Å². The van der Waals surface area contributed by atoms with E-state index in [1.807, 2.05) is 0 Å². The summed E-state index contributed by atoms with van der Waals surface area (Å²) in [5.74, 6) is 0.0291. The summed E-state index contributed by atoms with van der Waals surface area (Å²) >= 11 is 0. The summed E-state index contributed by atoms with van der Waals surface area (Å²) in [4.78, 5) is 34.4. The smallest absolute Gasteiger partial charge is 0.445 e. The number of hydrogen-bond acceptors (Lipinski definition) is 8. The highest BCUT2D eigenvalue weighted by Crippen LogP contribution is 2.37. The number of aliphatic hydroxyl groups is 2. The third-order valence-corrected chi connectivity index (χ3v) is 5.43. The first kappa shape index (κ1) is 23.2. The second-order valence-corrected chi connectivity index (χ2v) is 8.48. The number of phosphoric ester groups is 1. The van der Waals surface area contributed by atoms with Crippen LogP contribution in [0.5, 0.6) is 0 Å². The van der Waals surface area contributed by atoms with Gasteiger partial charge in [-0.1, -0.05) is 0 Å². The molecule has 1 aromatic carbocycles. The summed E-state index contributed by atoms with van der Waals surface area (Å²) in [7, 11) is -4.77. The Morgan fingerprint density at radius 3 is 2.61 bits per heavy atom. The summed E-state index contributed by atoms with van der Waals surface area (Å²) in [6.07, 6.45) is 0.801. The Morgan fingerprint density at radius 2 is 1.94 bits per heavy atom. The van der Waals surface area contributed by atoms with Gasteiger partial charge in [0.1, 0.15) is 24.0 Å². The molecule has 1 aliphatic rings. The molecule has 1 amide bonds.